The summed E-state index contributed by atoms with van der Waals surface area (Å²) in [5, 5.41) is 0. The molecule has 3 aromatic carbocycles. The van der Waals surface area contributed by atoms with Crippen molar-refractivity contribution in [2.45, 2.75) is 51.3 Å². The van der Waals surface area contributed by atoms with Crippen molar-refractivity contribution in [2.75, 3.05) is 6.61 Å². The van der Waals surface area contributed by atoms with Crippen molar-refractivity contribution in [1.82, 2.24) is 4.90 Å². The van der Waals surface area contributed by atoms with Crippen LogP contribution in [0.4, 0.5) is 0 Å². The molecule has 0 aliphatic carbocycles. The van der Waals surface area contributed by atoms with Crippen molar-refractivity contribution in [3.05, 3.63) is 108 Å². The second-order valence-electron chi connectivity index (χ2n) is 9.34. The molecule has 2 saturated heterocycles. The van der Waals surface area contributed by atoms with E-state index in [1.807, 2.05) is 91.0 Å². The van der Waals surface area contributed by atoms with Gasteiger partial charge in [0.2, 0.25) is 11.8 Å². The highest BCUT2D eigenvalue weighted by Crippen LogP contribution is 2.41. The Labute approximate surface area is 216 Å². The van der Waals surface area contributed by atoms with Crippen LogP contribution in [0.15, 0.2) is 91.0 Å². The van der Waals surface area contributed by atoms with Crippen LogP contribution in [0.25, 0.3) is 0 Å². The van der Waals surface area contributed by atoms with E-state index in [1.165, 1.54) is 11.8 Å². The molecular formula is C30H31NO6. The molecule has 5 atom stereocenters. The van der Waals surface area contributed by atoms with Crippen molar-refractivity contribution >= 4 is 11.8 Å². The Hall–Kier alpha value is -3.36. The molecule has 2 fully saturated rings. The Morgan fingerprint density at radius 2 is 1.24 bits per heavy atom. The zero-order valence-corrected chi connectivity index (χ0v) is 20.8. The molecule has 0 spiro atoms. The lowest BCUT2D eigenvalue weighted by Gasteiger charge is -2.54. The van der Waals surface area contributed by atoms with Gasteiger partial charge in [-0.25, -0.2) is 0 Å². The second-order valence-corrected chi connectivity index (χ2v) is 9.34. The molecule has 2 heterocycles. The third kappa shape index (κ3) is 5.81. The summed E-state index contributed by atoms with van der Waals surface area (Å²) < 4.78 is 25.1. The largest absolute Gasteiger partial charge is 0.374 e. The lowest BCUT2D eigenvalue weighted by molar-refractivity contribution is -0.292. The molecule has 37 heavy (non-hydrogen) atoms. The summed E-state index contributed by atoms with van der Waals surface area (Å²) in [5.74, 6) is -1.27. The molecule has 2 aliphatic rings. The third-order valence-electron chi connectivity index (χ3n) is 6.75. The van der Waals surface area contributed by atoms with Crippen LogP contribution in [-0.2, 0) is 48.4 Å². The van der Waals surface area contributed by atoms with Crippen LogP contribution in [0.3, 0.4) is 0 Å². The highest BCUT2D eigenvalue weighted by molar-refractivity contribution is 6.01. The summed E-state index contributed by atoms with van der Waals surface area (Å²) >= 11 is 0. The zero-order chi connectivity index (χ0) is 25.6. The van der Waals surface area contributed by atoms with Gasteiger partial charge in [-0.2, -0.15) is 0 Å². The zero-order valence-electron chi connectivity index (χ0n) is 20.8. The summed E-state index contributed by atoms with van der Waals surface area (Å²) in [6.45, 7) is 2.64. The molecule has 7 heteroatoms. The standard InChI is InChI=1S/C30H31NO6/c1-21(32)31-29(33)26-28(36-19-24-15-9-4-10-16-24)27(35-18-23-13-7-3-8-14-23)25(37-30(26)31)20-34-17-22-11-5-2-6-12-22/h2-16,25-28,30H,17-20H2,1H3/t25-,26+,27-,28-,30+/m1/s1. The van der Waals surface area contributed by atoms with Crippen LogP contribution in [0.2, 0.25) is 0 Å². The van der Waals surface area contributed by atoms with Gasteiger partial charge in [0.05, 0.1) is 26.4 Å². The number of hydrogen-bond donors (Lipinski definition) is 0. The van der Waals surface area contributed by atoms with Gasteiger partial charge in [0.25, 0.3) is 0 Å². The van der Waals surface area contributed by atoms with E-state index in [-0.39, 0.29) is 18.4 Å². The number of ether oxygens (including phenoxy) is 4. The average Bonchev–Trinajstić information content (AvgIpc) is 2.92. The molecule has 2 amide bonds. The number of fused-ring (bicyclic) bond motifs is 1. The minimum Gasteiger partial charge on any atom is -0.374 e. The summed E-state index contributed by atoms with van der Waals surface area (Å²) in [6.07, 6.45) is -2.41. The van der Waals surface area contributed by atoms with E-state index in [0.29, 0.717) is 19.8 Å². The fourth-order valence-corrected chi connectivity index (χ4v) is 4.88. The Bertz CT molecular complexity index is 1170. The molecule has 192 valence electrons. The number of carbonyl (C=O) groups excluding carboxylic acids is 2. The predicted molar refractivity (Wildman–Crippen MR) is 136 cm³/mol. The van der Waals surface area contributed by atoms with E-state index in [4.69, 9.17) is 18.9 Å². The van der Waals surface area contributed by atoms with E-state index < -0.39 is 30.5 Å². The van der Waals surface area contributed by atoms with E-state index in [0.717, 1.165) is 16.7 Å². The lowest BCUT2D eigenvalue weighted by atomic mass is 9.82. The van der Waals surface area contributed by atoms with Crippen LogP contribution in [-0.4, -0.2) is 47.9 Å². The number of carbonyl (C=O) groups is 2. The predicted octanol–water partition coefficient (Wildman–Crippen LogP) is 4.10. The lowest BCUT2D eigenvalue weighted by Crippen LogP contribution is -2.74. The molecule has 5 rings (SSSR count). The number of β-lactam (4-membered cyclic amide) rings is 1. The average molecular weight is 502 g/mol. The Kier molecular flexibility index (Phi) is 8.06. The Balaban J connectivity index is 1.37. The first-order valence-electron chi connectivity index (χ1n) is 12.5. The smallest absolute Gasteiger partial charge is 0.241 e. The van der Waals surface area contributed by atoms with Gasteiger partial charge in [0.1, 0.15) is 24.2 Å². The van der Waals surface area contributed by atoms with Crippen LogP contribution < -0.4 is 0 Å². The first kappa shape index (κ1) is 25.3. The van der Waals surface area contributed by atoms with Crippen molar-refractivity contribution in [3.63, 3.8) is 0 Å². The molecule has 2 aliphatic heterocycles. The minimum atomic E-state index is -0.701. The van der Waals surface area contributed by atoms with Gasteiger partial charge in [-0.05, 0) is 16.7 Å². The van der Waals surface area contributed by atoms with Crippen molar-refractivity contribution in [2.24, 2.45) is 5.92 Å². The van der Waals surface area contributed by atoms with Gasteiger partial charge < -0.3 is 18.9 Å². The number of imide groups is 1. The molecular weight excluding hydrogens is 470 g/mol. The van der Waals surface area contributed by atoms with Crippen molar-refractivity contribution in [1.29, 1.82) is 0 Å². The third-order valence-corrected chi connectivity index (χ3v) is 6.75. The molecule has 0 saturated carbocycles. The van der Waals surface area contributed by atoms with Gasteiger partial charge in [0.15, 0.2) is 6.23 Å². The summed E-state index contributed by atoms with van der Waals surface area (Å²) in [7, 11) is 0. The van der Waals surface area contributed by atoms with Crippen LogP contribution >= 0.6 is 0 Å². The number of nitrogens with zero attached hydrogens (tertiary/aromatic N) is 1. The summed E-state index contributed by atoms with van der Waals surface area (Å²) in [4.78, 5) is 26.4. The van der Waals surface area contributed by atoms with Crippen LogP contribution in [0.1, 0.15) is 23.6 Å². The number of rotatable bonds is 10. The van der Waals surface area contributed by atoms with Crippen LogP contribution in [0.5, 0.6) is 0 Å². The number of hydrogen-bond acceptors (Lipinski definition) is 6. The minimum absolute atomic E-state index is 0.225. The topological polar surface area (TPSA) is 74.3 Å². The monoisotopic (exact) mass is 501 g/mol. The van der Waals surface area contributed by atoms with Gasteiger partial charge >= 0.3 is 0 Å². The molecule has 0 radical (unpaired) electrons. The molecule has 3 aromatic rings. The van der Waals surface area contributed by atoms with Crippen molar-refractivity contribution in [3.8, 4) is 0 Å². The number of amides is 2. The van der Waals surface area contributed by atoms with Gasteiger partial charge in [0, 0.05) is 6.92 Å². The maximum Gasteiger partial charge on any atom is 0.241 e. The van der Waals surface area contributed by atoms with Gasteiger partial charge in [-0.3, -0.25) is 14.5 Å². The first-order valence-corrected chi connectivity index (χ1v) is 12.5. The number of benzene rings is 3. The van der Waals surface area contributed by atoms with E-state index >= 15 is 0 Å². The number of likely N-dealkylation sites (tertiary alicyclic amines) is 1. The fraction of sp³-hybridized carbons (Fsp3) is 0.333. The normalized spacial score (nSPS) is 24.8. The quantitative estimate of drug-likeness (QED) is 0.390. The molecule has 7 nitrogen and oxygen atoms in total. The van der Waals surface area contributed by atoms with E-state index in [2.05, 4.69) is 0 Å². The highest BCUT2D eigenvalue weighted by Gasteiger charge is 2.62. The molecule has 0 bridgehead atoms. The van der Waals surface area contributed by atoms with E-state index in [1.54, 1.807) is 0 Å². The van der Waals surface area contributed by atoms with Gasteiger partial charge in [-0.1, -0.05) is 91.0 Å². The highest BCUT2D eigenvalue weighted by atomic mass is 16.6. The summed E-state index contributed by atoms with van der Waals surface area (Å²) in [6, 6.07) is 29.5. The summed E-state index contributed by atoms with van der Waals surface area (Å²) in [5.41, 5.74) is 3.03. The molecule has 0 aromatic heterocycles. The SMILES string of the molecule is CC(=O)N1C(=O)[C@@H]2[C@@H](OCc3ccccc3)[C@H](OCc3ccccc3)[C@@H](COCc3ccccc3)O[C@@H]21. The molecule has 0 unspecified atom stereocenters. The maximum absolute atomic E-state index is 13.0. The molecule has 0 N–H and O–H groups in total. The van der Waals surface area contributed by atoms with Crippen molar-refractivity contribution < 1.29 is 28.5 Å². The van der Waals surface area contributed by atoms with Gasteiger partial charge in [-0.15, -0.1) is 0 Å². The van der Waals surface area contributed by atoms with Crippen LogP contribution in [0, 0.1) is 5.92 Å². The fourth-order valence-electron chi connectivity index (χ4n) is 4.88. The van der Waals surface area contributed by atoms with E-state index in [9.17, 15) is 9.59 Å². The Morgan fingerprint density at radius 1 is 0.757 bits per heavy atom. The maximum atomic E-state index is 13.0. The first-order chi connectivity index (χ1) is 18.1. The Morgan fingerprint density at radius 3 is 1.76 bits per heavy atom. The second kappa shape index (κ2) is 11.8.